The van der Waals surface area contributed by atoms with Crippen LogP contribution in [0.5, 0.6) is 0 Å². The van der Waals surface area contributed by atoms with E-state index in [1.165, 1.54) is 7.11 Å². The van der Waals surface area contributed by atoms with Crippen LogP contribution in [0.15, 0.2) is 42.5 Å². The predicted octanol–water partition coefficient (Wildman–Crippen LogP) is 4.55. The third-order valence-corrected chi connectivity index (χ3v) is 5.05. The van der Waals surface area contributed by atoms with E-state index >= 15 is 0 Å². The van der Waals surface area contributed by atoms with Crippen molar-refractivity contribution in [2.75, 3.05) is 12.4 Å². The second-order valence-corrected chi connectivity index (χ2v) is 7.20. The number of benzene rings is 2. The van der Waals surface area contributed by atoms with E-state index in [1.807, 2.05) is 31.2 Å². The number of ether oxygens (including phenoxy) is 1. The van der Waals surface area contributed by atoms with Gasteiger partial charge >= 0.3 is 5.97 Å². The number of halogens is 1. The summed E-state index contributed by atoms with van der Waals surface area (Å²) in [5, 5.41) is 7.46. The number of para-hydroxylation sites is 1. The summed E-state index contributed by atoms with van der Waals surface area (Å²) >= 11 is 6.49. The van der Waals surface area contributed by atoms with E-state index in [2.05, 4.69) is 10.4 Å². The quantitative estimate of drug-likeness (QED) is 0.625. The molecule has 7 heteroatoms. The largest absolute Gasteiger partial charge is 0.465 e. The molecule has 6 nitrogen and oxygen atoms in total. The molecule has 3 aromatic rings. The van der Waals surface area contributed by atoms with Crippen LogP contribution >= 0.6 is 11.6 Å². The Balaban J connectivity index is 1.90. The molecule has 0 saturated heterocycles. The number of nitrogens with one attached hydrogen (secondary N) is 1. The number of hydrogen-bond acceptors (Lipinski definition) is 4. The lowest BCUT2D eigenvalue weighted by Gasteiger charge is -2.12. The number of methoxy groups -OCH3 is 1. The molecule has 150 valence electrons. The van der Waals surface area contributed by atoms with Crippen LogP contribution in [0.1, 0.15) is 43.1 Å². The minimum Gasteiger partial charge on any atom is -0.465 e. The average Bonchev–Trinajstić information content (AvgIpc) is 2.97. The molecule has 0 unspecified atom stereocenters. The summed E-state index contributed by atoms with van der Waals surface area (Å²) in [6.45, 7) is 6.00. The van der Waals surface area contributed by atoms with Crippen LogP contribution < -0.4 is 5.32 Å². The maximum Gasteiger partial charge on any atom is 0.339 e. The highest BCUT2D eigenvalue weighted by Gasteiger charge is 2.23. The summed E-state index contributed by atoms with van der Waals surface area (Å²) in [4.78, 5) is 25.0. The molecule has 1 amide bonds. The van der Waals surface area contributed by atoms with Gasteiger partial charge in [-0.05, 0) is 38.0 Å². The van der Waals surface area contributed by atoms with E-state index in [0.717, 1.165) is 16.7 Å². The van der Waals surface area contributed by atoms with Crippen LogP contribution in [0, 0.1) is 20.8 Å². The molecule has 0 spiro atoms. The first-order valence-corrected chi connectivity index (χ1v) is 9.47. The number of aryl methyl sites for hydroxylation is 3. The number of anilines is 1. The predicted molar refractivity (Wildman–Crippen MR) is 113 cm³/mol. The van der Waals surface area contributed by atoms with Crippen molar-refractivity contribution in [2.24, 2.45) is 0 Å². The number of nitrogens with zero attached hydrogens (tertiary/aromatic N) is 2. The van der Waals surface area contributed by atoms with Crippen molar-refractivity contribution in [3.05, 3.63) is 81.1 Å². The molecule has 1 heterocycles. The lowest BCUT2D eigenvalue weighted by molar-refractivity contribution is 0.0602. The van der Waals surface area contributed by atoms with E-state index in [4.69, 9.17) is 16.3 Å². The first-order chi connectivity index (χ1) is 13.8. The Morgan fingerprint density at radius 2 is 1.79 bits per heavy atom. The third kappa shape index (κ3) is 4.32. The van der Waals surface area contributed by atoms with Crippen LogP contribution in [-0.2, 0) is 11.3 Å². The SMILES string of the molecule is COC(=O)c1cccc(C)c1NC(=O)c1c(C)nn(Cc2ccc(C)cc2)c1Cl. The van der Waals surface area contributed by atoms with Gasteiger partial charge in [0.05, 0.1) is 36.2 Å². The van der Waals surface area contributed by atoms with E-state index < -0.39 is 11.9 Å². The van der Waals surface area contributed by atoms with E-state index in [9.17, 15) is 9.59 Å². The summed E-state index contributed by atoms with van der Waals surface area (Å²) < 4.78 is 6.41. The minimum atomic E-state index is -0.526. The Kier molecular flexibility index (Phi) is 6.03. The summed E-state index contributed by atoms with van der Waals surface area (Å²) in [6, 6.07) is 13.2. The fraction of sp³-hybridized carbons (Fsp3) is 0.227. The summed E-state index contributed by atoms with van der Waals surface area (Å²) in [5.74, 6) is -0.955. The number of carbonyl (C=O) groups is 2. The Labute approximate surface area is 174 Å². The third-order valence-electron chi connectivity index (χ3n) is 4.66. The first kappa shape index (κ1) is 20.6. The van der Waals surface area contributed by atoms with E-state index in [-0.39, 0.29) is 16.3 Å². The summed E-state index contributed by atoms with van der Waals surface area (Å²) in [5.41, 5.74) is 4.38. The van der Waals surface area contributed by atoms with Gasteiger partial charge in [-0.25, -0.2) is 9.48 Å². The van der Waals surface area contributed by atoms with Gasteiger partial charge < -0.3 is 10.1 Å². The molecular formula is C22H22ClN3O3. The van der Waals surface area contributed by atoms with Crippen LogP contribution in [0.2, 0.25) is 5.15 Å². The van der Waals surface area contributed by atoms with Gasteiger partial charge in [-0.2, -0.15) is 5.10 Å². The minimum absolute atomic E-state index is 0.244. The van der Waals surface area contributed by atoms with Crippen molar-refractivity contribution in [2.45, 2.75) is 27.3 Å². The molecule has 0 atom stereocenters. The van der Waals surface area contributed by atoms with Crippen molar-refractivity contribution >= 4 is 29.2 Å². The van der Waals surface area contributed by atoms with Gasteiger partial charge in [-0.15, -0.1) is 0 Å². The van der Waals surface area contributed by atoms with Gasteiger partial charge in [-0.1, -0.05) is 53.6 Å². The average molecular weight is 412 g/mol. The highest BCUT2D eigenvalue weighted by atomic mass is 35.5. The lowest BCUT2D eigenvalue weighted by Crippen LogP contribution is -2.17. The molecule has 0 saturated carbocycles. The molecule has 1 N–H and O–H groups in total. The number of carbonyl (C=O) groups excluding carboxylic acids is 2. The second-order valence-electron chi connectivity index (χ2n) is 6.84. The highest BCUT2D eigenvalue weighted by molar-refractivity contribution is 6.33. The molecule has 3 rings (SSSR count). The lowest BCUT2D eigenvalue weighted by atomic mass is 10.1. The van der Waals surface area contributed by atoms with Crippen molar-refractivity contribution in [1.82, 2.24) is 9.78 Å². The van der Waals surface area contributed by atoms with Crippen LogP contribution in [0.3, 0.4) is 0 Å². The first-order valence-electron chi connectivity index (χ1n) is 9.09. The Morgan fingerprint density at radius 1 is 1.10 bits per heavy atom. The van der Waals surface area contributed by atoms with Crippen LogP contribution in [0.4, 0.5) is 5.69 Å². The van der Waals surface area contributed by atoms with Crippen LogP contribution in [-0.4, -0.2) is 28.8 Å². The topological polar surface area (TPSA) is 73.2 Å². The molecular weight excluding hydrogens is 390 g/mol. The summed E-state index contributed by atoms with van der Waals surface area (Å²) in [6.07, 6.45) is 0. The zero-order valence-corrected chi connectivity index (χ0v) is 17.5. The highest BCUT2D eigenvalue weighted by Crippen LogP contribution is 2.26. The van der Waals surface area contributed by atoms with Gasteiger partial charge in [0, 0.05) is 0 Å². The molecule has 0 aliphatic rings. The van der Waals surface area contributed by atoms with Gasteiger partial charge in [-0.3, -0.25) is 4.79 Å². The molecule has 1 aromatic heterocycles. The molecule has 0 aliphatic carbocycles. The Hall–Kier alpha value is -3.12. The molecule has 29 heavy (non-hydrogen) atoms. The second kappa shape index (κ2) is 8.49. The Bertz CT molecular complexity index is 1070. The maximum atomic E-state index is 13.0. The Morgan fingerprint density at radius 3 is 2.45 bits per heavy atom. The maximum absolute atomic E-state index is 13.0. The number of rotatable bonds is 5. The number of esters is 1. The zero-order valence-electron chi connectivity index (χ0n) is 16.7. The van der Waals surface area contributed by atoms with E-state index in [1.54, 1.807) is 36.7 Å². The fourth-order valence-electron chi connectivity index (χ4n) is 3.07. The molecule has 0 aliphatic heterocycles. The fourth-order valence-corrected chi connectivity index (χ4v) is 3.39. The number of aromatic nitrogens is 2. The van der Waals surface area contributed by atoms with Gasteiger partial charge in [0.1, 0.15) is 5.15 Å². The normalized spacial score (nSPS) is 10.7. The van der Waals surface area contributed by atoms with E-state index in [0.29, 0.717) is 17.9 Å². The molecule has 0 radical (unpaired) electrons. The van der Waals surface area contributed by atoms with Crippen LogP contribution in [0.25, 0.3) is 0 Å². The monoisotopic (exact) mass is 411 g/mol. The molecule has 2 aromatic carbocycles. The van der Waals surface area contributed by atoms with Crippen molar-refractivity contribution in [3.63, 3.8) is 0 Å². The molecule has 0 fully saturated rings. The standard InChI is InChI=1S/C22H22ClN3O3/c1-13-8-10-16(11-9-13)12-26-20(23)18(15(3)25-26)21(27)24-19-14(2)6-5-7-17(19)22(28)29-4/h5-11H,12H2,1-4H3,(H,24,27). The zero-order chi connectivity index (χ0) is 21.1. The summed E-state index contributed by atoms with van der Waals surface area (Å²) in [7, 11) is 1.30. The molecule has 0 bridgehead atoms. The number of amides is 1. The van der Waals surface area contributed by atoms with Gasteiger partial charge in [0.2, 0.25) is 0 Å². The number of hydrogen-bond donors (Lipinski definition) is 1. The van der Waals surface area contributed by atoms with Gasteiger partial charge in [0.15, 0.2) is 0 Å². The smallest absolute Gasteiger partial charge is 0.339 e. The van der Waals surface area contributed by atoms with Crippen molar-refractivity contribution in [3.8, 4) is 0 Å². The van der Waals surface area contributed by atoms with Crippen molar-refractivity contribution in [1.29, 1.82) is 0 Å². The van der Waals surface area contributed by atoms with Gasteiger partial charge in [0.25, 0.3) is 5.91 Å². The van der Waals surface area contributed by atoms with Crippen molar-refractivity contribution < 1.29 is 14.3 Å².